The summed E-state index contributed by atoms with van der Waals surface area (Å²) in [4.78, 5) is 12.5. The Balaban J connectivity index is 3.18. The van der Waals surface area contributed by atoms with Crippen molar-refractivity contribution in [1.82, 2.24) is 4.90 Å². The predicted octanol–water partition coefficient (Wildman–Crippen LogP) is 0.190. The third-order valence-corrected chi connectivity index (χ3v) is 2.16. The van der Waals surface area contributed by atoms with Crippen molar-refractivity contribution in [2.45, 2.75) is 6.42 Å². The molecule has 0 bridgehead atoms. The van der Waals surface area contributed by atoms with E-state index in [4.69, 9.17) is 5.11 Å². The standard InChI is InChI=1S/C7H15NO2S/c1-8(2)7(10)3-5-11-6-4-9/h9H,3-6H2,1-2H3. The van der Waals surface area contributed by atoms with E-state index < -0.39 is 0 Å². The molecule has 0 aliphatic heterocycles. The summed E-state index contributed by atoms with van der Waals surface area (Å²) < 4.78 is 0. The van der Waals surface area contributed by atoms with Crippen molar-refractivity contribution in [3.05, 3.63) is 0 Å². The van der Waals surface area contributed by atoms with Gasteiger partial charge in [0.25, 0.3) is 0 Å². The first-order valence-electron chi connectivity index (χ1n) is 3.57. The second kappa shape index (κ2) is 6.49. The van der Waals surface area contributed by atoms with Gasteiger partial charge in [0.2, 0.25) is 5.91 Å². The average Bonchev–Trinajstić information content (AvgIpc) is 1.97. The lowest BCUT2D eigenvalue weighted by Gasteiger charge is -2.08. The van der Waals surface area contributed by atoms with Gasteiger partial charge in [0, 0.05) is 32.0 Å². The van der Waals surface area contributed by atoms with Crippen molar-refractivity contribution >= 4 is 17.7 Å². The molecule has 0 rings (SSSR count). The molecule has 11 heavy (non-hydrogen) atoms. The summed E-state index contributed by atoms with van der Waals surface area (Å²) in [5, 5.41) is 8.42. The Morgan fingerprint density at radius 3 is 2.55 bits per heavy atom. The van der Waals surface area contributed by atoms with E-state index in [0.29, 0.717) is 6.42 Å². The zero-order chi connectivity index (χ0) is 8.69. The van der Waals surface area contributed by atoms with Crippen LogP contribution in [0.2, 0.25) is 0 Å². The first-order valence-corrected chi connectivity index (χ1v) is 4.72. The lowest BCUT2D eigenvalue weighted by atomic mass is 10.4. The largest absolute Gasteiger partial charge is 0.396 e. The summed E-state index contributed by atoms with van der Waals surface area (Å²) in [5.41, 5.74) is 0. The molecule has 0 fully saturated rings. The van der Waals surface area contributed by atoms with Crippen LogP contribution in [0.1, 0.15) is 6.42 Å². The highest BCUT2D eigenvalue weighted by molar-refractivity contribution is 7.99. The van der Waals surface area contributed by atoms with Gasteiger partial charge in [-0.25, -0.2) is 0 Å². The predicted molar refractivity (Wildman–Crippen MR) is 47.7 cm³/mol. The first kappa shape index (κ1) is 10.8. The third-order valence-electron chi connectivity index (χ3n) is 1.19. The molecule has 0 aliphatic carbocycles. The molecule has 0 atom stereocenters. The molecular weight excluding hydrogens is 162 g/mol. The Kier molecular flexibility index (Phi) is 6.36. The Morgan fingerprint density at radius 2 is 2.09 bits per heavy atom. The molecule has 66 valence electrons. The topological polar surface area (TPSA) is 40.5 Å². The molecule has 0 aliphatic rings. The highest BCUT2D eigenvalue weighted by atomic mass is 32.2. The van der Waals surface area contributed by atoms with Gasteiger partial charge in [-0.15, -0.1) is 0 Å². The summed E-state index contributed by atoms with van der Waals surface area (Å²) in [6.07, 6.45) is 0.567. The van der Waals surface area contributed by atoms with E-state index in [-0.39, 0.29) is 12.5 Å². The number of hydrogen-bond acceptors (Lipinski definition) is 3. The van der Waals surface area contributed by atoms with Crippen LogP contribution in [0, 0.1) is 0 Å². The SMILES string of the molecule is CN(C)C(=O)CCSCCO. The number of carbonyl (C=O) groups is 1. The van der Waals surface area contributed by atoms with Gasteiger partial charge in [0.05, 0.1) is 6.61 Å². The summed E-state index contributed by atoms with van der Waals surface area (Å²) >= 11 is 1.60. The summed E-state index contributed by atoms with van der Waals surface area (Å²) in [7, 11) is 3.50. The minimum absolute atomic E-state index is 0.149. The normalized spacial score (nSPS) is 9.73. The molecule has 0 aromatic carbocycles. The van der Waals surface area contributed by atoms with Gasteiger partial charge in [-0.05, 0) is 0 Å². The minimum Gasteiger partial charge on any atom is -0.396 e. The number of aliphatic hydroxyl groups excluding tert-OH is 1. The molecular formula is C7H15NO2S. The molecule has 0 unspecified atom stereocenters. The van der Waals surface area contributed by atoms with E-state index in [1.165, 1.54) is 0 Å². The molecule has 0 aromatic heterocycles. The number of carbonyl (C=O) groups excluding carboxylic acids is 1. The fourth-order valence-corrected chi connectivity index (χ4v) is 1.20. The molecule has 0 aromatic rings. The molecule has 0 saturated heterocycles. The number of thioether (sulfide) groups is 1. The second-order valence-electron chi connectivity index (χ2n) is 2.37. The number of nitrogens with zero attached hydrogens (tertiary/aromatic N) is 1. The van der Waals surface area contributed by atoms with Gasteiger partial charge in [0.1, 0.15) is 0 Å². The lowest BCUT2D eigenvalue weighted by Crippen LogP contribution is -2.21. The van der Waals surface area contributed by atoms with Crippen LogP contribution >= 0.6 is 11.8 Å². The maximum Gasteiger partial charge on any atom is 0.222 e. The molecule has 0 radical (unpaired) electrons. The van der Waals surface area contributed by atoms with Crippen LogP contribution in [0.3, 0.4) is 0 Å². The number of hydrogen-bond donors (Lipinski definition) is 1. The lowest BCUT2D eigenvalue weighted by molar-refractivity contribution is -0.128. The van der Waals surface area contributed by atoms with Gasteiger partial charge < -0.3 is 10.0 Å². The summed E-state index contributed by atoms with van der Waals surface area (Å²) in [5.74, 6) is 1.67. The van der Waals surface area contributed by atoms with Crippen LogP contribution < -0.4 is 0 Å². The Morgan fingerprint density at radius 1 is 1.45 bits per heavy atom. The van der Waals surface area contributed by atoms with Gasteiger partial charge >= 0.3 is 0 Å². The Bertz CT molecular complexity index is 117. The van der Waals surface area contributed by atoms with Crippen molar-refractivity contribution in [3.63, 3.8) is 0 Å². The average molecular weight is 177 g/mol. The van der Waals surface area contributed by atoms with Crippen LogP contribution in [0.25, 0.3) is 0 Å². The van der Waals surface area contributed by atoms with Crippen LogP contribution in [0.4, 0.5) is 0 Å². The molecule has 0 saturated carbocycles. The van der Waals surface area contributed by atoms with Crippen molar-refractivity contribution < 1.29 is 9.90 Å². The molecule has 4 heteroatoms. The van der Waals surface area contributed by atoms with Crippen LogP contribution in [-0.4, -0.2) is 48.1 Å². The monoisotopic (exact) mass is 177 g/mol. The molecule has 1 amide bonds. The van der Waals surface area contributed by atoms with E-state index >= 15 is 0 Å². The van der Waals surface area contributed by atoms with E-state index in [1.54, 1.807) is 30.8 Å². The number of rotatable bonds is 5. The molecule has 3 nitrogen and oxygen atoms in total. The number of amides is 1. The van der Waals surface area contributed by atoms with Crippen molar-refractivity contribution in [2.75, 3.05) is 32.2 Å². The van der Waals surface area contributed by atoms with Crippen LogP contribution in [-0.2, 0) is 4.79 Å². The van der Waals surface area contributed by atoms with Gasteiger partial charge in [-0.1, -0.05) is 0 Å². The molecule has 0 heterocycles. The molecule has 1 N–H and O–H groups in total. The van der Waals surface area contributed by atoms with E-state index in [0.717, 1.165) is 11.5 Å². The van der Waals surface area contributed by atoms with Crippen molar-refractivity contribution in [1.29, 1.82) is 0 Å². The van der Waals surface area contributed by atoms with Crippen LogP contribution in [0.15, 0.2) is 0 Å². The van der Waals surface area contributed by atoms with Gasteiger partial charge in [-0.3, -0.25) is 4.79 Å². The Labute approximate surface area is 71.8 Å². The Hall–Kier alpha value is -0.220. The fourth-order valence-electron chi connectivity index (χ4n) is 0.550. The van der Waals surface area contributed by atoms with Crippen molar-refractivity contribution in [3.8, 4) is 0 Å². The smallest absolute Gasteiger partial charge is 0.222 e. The zero-order valence-corrected chi connectivity index (χ0v) is 7.86. The highest BCUT2D eigenvalue weighted by Gasteiger charge is 2.01. The quantitative estimate of drug-likeness (QED) is 0.609. The third kappa shape index (κ3) is 6.19. The van der Waals surface area contributed by atoms with Crippen molar-refractivity contribution in [2.24, 2.45) is 0 Å². The highest BCUT2D eigenvalue weighted by Crippen LogP contribution is 2.01. The summed E-state index contributed by atoms with van der Waals surface area (Å²) in [6, 6.07) is 0. The maximum atomic E-state index is 11.0. The van der Waals surface area contributed by atoms with E-state index in [2.05, 4.69) is 0 Å². The first-order chi connectivity index (χ1) is 5.18. The van der Waals surface area contributed by atoms with E-state index in [1.807, 2.05) is 0 Å². The van der Waals surface area contributed by atoms with Gasteiger partial charge in [-0.2, -0.15) is 11.8 Å². The van der Waals surface area contributed by atoms with Crippen LogP contribution in [0.5, 0.6) is 0 Å². The minimum atomic E-state index is 0.149. The van der Waals surface area contributed by atoms with E-state index in [9.17, 15) is 4.79 Å². The molecule has 0 spiro atoms. The van der Waals surface area contributed by atoms with Gasteiger partial charge in [0.15, 0.2) is 0 Å². The fraction of sp³-hybridized carbons (Fsp3) is 0.857. The number of aliphatic hydroxyl groups is 1. The maximum absolute atomic E-state index is 11.0. The summed E-state index contributed by atoms with van der Waals surface area (Å²) in [6.45, 7) is 0.195. The second-order valence-corrected chi connectivity index (χ2v) is 3.60. The zero-order valence-electron chi connectivity index (χ0n) is 7.04.